The van der Waals surface area contributed by atoms with Gasteiger partial charge >= 0.3 is 0 Å². The Balaban J connectivity index is 1.89. The van der Waals surface area contributed by atoms with Gasteiger partial charge in [0, 0.05) is 13.1 Å². The molecule has 0 N–H and O–H groups in total. The van der Waals surface area contributed by atoms with Gasteiger partial charge in [0.05, 0.1) is 13.2 Å². The minimum Gasteiger partial charge on any atom is -0.492 e. The largest absolute Gasteiger partial charge is 0.492 e. The lowest BCUT2D eigenvalue weighted by Crippen LogP contribution is -2.29. The Bertz CT molecular complexity index is 369. The molecule has 18 heavy (non-hydrogen) atoms. The molecule has 0 spiro atoms. The third-order valence-corrected chi connectivity index (χ3v) is 3.41. The summed E-state index contributed by atoms with van der Waals surface area (Å²) < 4.78 is 5.88. The third-order valence-electron chi connectivity index (χ3n) is 3.41. The summed E-state index contributed by atoms with van der Waals surface area (Å²) >= 11 is 0. The Kier molecular flexibility index (Phi) is 5.00. The van der Waals surface area contributed by atoms with Gasteiger partial charge in [-0.3, -0.25) is 4.99 Å². The van der Waals surface area contributed by atoms with Crippen LogP contribution in [0.15, 0.2) is 28.5 Å². The van der Waals surface area contributed by atoms with Crippen molar-refractivity contribution in [3.8, 4) is 0 Å². The number of rotatable bonds is 6. The van der Waals surface area contributed by atoms with E-state index in [1.165, 1.54) is 18.4 Å². The molecule has 0 aromatic heterocycles. The monoisotopic (exact) mass is 248 g/mol. The molecular formula is C15H24N2O. The van der Waals surface area contributed by atoms with E-state index in [1.807, 2.05) is 0 Å². The first-order chi connectivity index (χ1) is 8.81. The van der Waals surface area contributed by atoms with Gasteiger partial charge in [0.2, 0.25) is 0 Å². The van der Waals surface area contributed by atoms with Gasteiger partial charge in [0.1, 0.15) is 11.5 Å². The van der Waals surface area contributed by atoms with E-state index in [2.05, 4.69) is 36.0 Å². The third kappa shape index (κ3) is 3.45. The van der Waals surface area contributed by atoms with Gasteiger partial charge in [-0.1, -0.05) is 25.8 Å². The maximum atomic E-state index is 5.88. The molecule has 0 aromatic rings. The second kappa shape index (κ2) is 6.74. The maximum Gasteiger partial charge on any atom is 0.142 e. The number of ether oxygens (including phenoxy) is 1. The fourth-order valence-electron chi connectivity index (χ4n) is 2.38. The van der Waals surface area contributed by atoms with E-state index >= 15 is 0 Å². The Morgan fingerprint density at radius 2 is 2.22 bits per heavy atom. The van der Waals surface area contributed by atoms with Crippen LogP contribution in [0.4, 0.5) is 0 Å². The summed E-state index contributed by atoms with van der Waals surface area (Å²) in [6.07, 6.45) is 9.16. The van der Waals surface area contributed by atoms with E-state index in [1.54, 1.807) is 0 Å². The van der Waals surface area contributed by atoms with E-state index in [-0.39, 0.29) is 0 Å². The summed E-state index contributed by atoms with van der Waals surface area (Å²) in [6.45, 7) is 5.95. The molecule has 2 aliphatic heterocycles. The van der Waals surface area contributed by atoms with E-state index in [0.717, 1.165) is 50.6 Å². The fourth-order valence-corrected chi connectivity index (χ4v) is 2.38. The molecule has 0 bridgehead atoms. The zero-order valence-corrected chi connectivity index (χ0v) is 11.6. The summed E-state index contributed by atoms with van der Waals surface area (Å²) in [5.74, 6) is 1.01. The highest BCUT2D eigenvalue weighted by Gasteiger charge is 2.20. The molecule has 0 unspecified atom stereocenters. The van der Waals surface area contributed by atoms with E-state index in [9.17, 15) is 0 Å². The van der Waals surface area contributed by atoms with Gasteiger partial charge < -0.3 is 9.64 Å². The molecule has 2 rings (SSSR count). The van der Waals surface area contributed by atoms with Crippen molar-refractivity contribution in [1.29, 1.82) is 0 Å². The van der Waals surface area contributed by atoms with Crippen molar-refractivity contribution >= 4 is 5.71 Å². The van der Waals surface area contributed by atoms with Crippen molar-refractivity contribution in [2.75, 3.05) is 33.3 Å². The van der Waals surface area contributed by atoms with Gasteiger partial charge in [-0.05, 0) is 31.5 Å². The second-order valence-electron chi connectivity index (χ2n) is 5.07. The molecular weight excluding hydrogens is 224 g/mol. The molecule has 0 amide bonds. The smallest absolute Gasteiger partial charge is 0.142 e. The van der Waals surface area contributed by atoms with Crippen molar-refractivity contribution in [3.63, 3.8) is 0 Å². The van der Waals surface area contributed by atoms with Crippen molar-refractivity contribution in [1.82, 2.24) is 4.90 Å². The molecule has 2 aliphatic rings. The summed E-state index contributed by atoms with van der Waals surface area (Å²) in [5, 5.41) is 0. The number of nitrogens with zero attached hydrogens (tertiary/aromatic N) is 2. The predicted octanol–water partition coefficient (Wildman–Crippen LogP) is 2.79. The number of likely N-dealkylation sites (N-methyl/N-ethyl adjacent to an activating group) is 1. The molecule has 100 valence electrons. The minimum atomic E-state index is 0.777. The van der Waals surface area contributed by atoms with Crippen LogP contribution in [0.25, 0.3) is 0 Å². The topological polar surface area (TPSA) is 24.8 Å². The first kappa shape index (κ1) is 13.3. The zero-order valence-electron chi connectivity index (χ0n) is 11.6. The van der Waals surface area contributed by atoms with Crippen LogP contribution in [0.1, 0.15) is 32.6 Å². The average molecular weight is 248 g/mol. The van der Waals surface area contributed by atoms with Gasteiger partial charge in [-0.15, -0.1) is 0 Å². The lowest BCUT2D eigenvalue weighted by molar-refractivity contribution is 0.224. The Morgan fingerprint density at radius 1 is 1.33 bits per heavy atom. The first-order valence-corrected chi connectivity index (χ1v) is 7.07. The SMILES string of the molecule is CCCCCOC1=CCN=C1C1=CCCN(C)C1. The average Bonchev–Trinajstić information content (AvgIpc) is 2.83. The van der Waals surface area contributed by atoms with Crippen molar-refractivity contribution < 1.29 is 4.74 Å². The van der Waals surface area contributed by atoms with Crippen molar-refractivity contribution in [2.24, 2.45) is 4.99 Å². The Morgan fingerprint density at radius 3 is 3.00 bits per heavy atom. The number of allylic oxidation sites excluding steroid dienone is 1. The molecule has 0 aliphatic carbocycles. The summed E-state index contributed by atoms with van der Waals surface area (Å²) in [6, 6.07) is 0. The molecule has 0 radical (unpaired) electrons. The van der Waals surface area contributed by atoms with Crippen LogP contribution in [0.2, 0.25) is 0 Å². The minimum absolute atomic E-state index is 0.777. The maximum absolute atomic E-state index is 5.88. The molecule has 0 saturated carbocycles. The molecule has 2 heterocycles. The van der Waals surface area contributed by atoms with Crippen molar-refractivity contribution in [2.45, 2.75) is 32.6 Å². The summed E-state index contributed by atoms with van der Waals surface area (Å²) in [5.41, 5.74) is 2.43. The normalized spacial score (nSPS) is 20.4. The van der Waals surface area contributed by atoms with Gasteiger partial charge in [-0.25, -0.2) is 0 Å². The van der Waals surface area contributed by atoms with Crippen LogP contribution in [0, 0.1) is 0 Å². The quantitative estimate of drug-likeness (QED) is 0.675. The van der Waals surface area contributed by atoms with E-state index in [4.69, 9.17) is 4.74 Å². The number of hydrogen-bond acceptors (Lipinski definition) is 3. The lowest BCUT2D eigenvalue weighted by Gasteiger charge is -2.23. The van der Waals surface area contributed by atoms with Crippen LogP contribution >= 0.6 is 0 Å². The van der Waals surface area contributed by atoms with Crippen LogP contribution < -0.4 is 0 Å². The predicted molar refractivity (Wildman–Crippen MR) is 76.1 cm³/mol. The van der Waals surface area contributed by atoms with E-state index in [0.29, 0.717) is 0 Å². The Labute approximate surface area is 110 Å². The standard InChI is InChI=1S/C15H24N2O/c1-3-4-5-11-18-14-8-9-16-15(14)13-7-6-10-17(2)12-13/h7-8H,3-6,9-12H2,1-2H3. The molecule has 3 heteroatoms. The van der Waals surface area contributed by atoms with Gasteiger partial charge in [0.25, 0.3) is 0 Å². The van der Waals surface area contributed by atoms with E-state index < -0.39 is 0 Å². The van der Waals surface area contributed by atoms with Crippen LogP contribution in [-0.4, -0.2) is 43.9 Å². The highest BCUT2D eigenvalue weighted by atomic mass is 16.5. The summed E-state index contributed by atoms with van der Waals surface area (Å²) in [4.78, 5) is 6.92. The molecule has 0 fully saturated rings. The van der Waals surface area contributed by atoms with Gasteiger partial charge in [0.15, 0.2) is 0 Å². The fraction of sp³-hybridized carbons (Fsp3) is 0.667. The molecule has 0 saturated heterocycles. The van der Waals surface area contributed by atoms with Crippen LogP contribution in [0.5, 0.6) is 0 Å². The lowest BCUT2D eigenvalue weighted by atomic mass is 10.0. The summed E-state index contributed by atoms with van der Waals surface area (Å²) in [7, 11) is 2.16. The molecule has 0 atom stereocenters. The Hall–Kier alpha value is -1.09. The van der Waals surface area contributed by atoms with Gasteiger partial charge in [-0.2, -0.15) is 0 Å². The highest BCUT2D eigenvalue weighted by molar-refractivity contribution is 6.12. The molecule has 0 aromatic carbocycles. The first-order valence-electron chi connectivity index (χ1n) is 7.07. The highest BCUT2D eigenvalue weighted by Crippen LogP contribution is 2.19. The zero-order chi connectivity index (χ0) is 12.8. The number of unbranched alkanes of at least 4 members (excludes halogenated alkanes) is 2. The van der Waals surface area contributed by atoms with Crippen LogP contribution in [-0.2, 0) is 4.74 Å². The van der Waals surface area contributed by atoms with Crippen LogP contribution in [0.3, 0.4) is 0 Å². The number of aliphatic imine (C=N–C) groups is 1. The second-order valence-corrected chi connectivity index (χ2v) is 5.07. The number of hydrogen-bond donors (Lipinski definition) is 0. The van der Waals surface area contributed by atoms with Crippen molar-refractivity contribution in [3.05, 3.63) is 23.5 Å². The molecule has 3 nitrogen and oxygen atoms in total.